The average molecular weight is 926 g/mol. The molecule has 354 valence electrons. The van der Waals surface area contributed by atoms with Gasteiger partial charge in [-0.1, -0.05) is 173 Å². The molecule has 0 bridgehead atoms. The minimum absolute atomic E-state index is 0.00465. The molecule has 9 aromatic rings. The molecule has 8 aromatic carbocycles. The first-order valence-corrected chi connectivity index (χ1v) is 26.0. The van der Waals surface area contributed by atoms with E-state index in [4.69, 9.17) is 0 Å². The summed E-state index contributed by atoms with van der Waals surface area (Å²) in [5.74, 6) is 0. The van der Waals surface area contributed by atoms with E-state index in [2.05, 4.69) is 258 Å². The fraction of sp³-hybridized carbons (Fsp3) is 0.284. The monoisotopic (exact) mass is 926 g/mol. The van der Waals surface area contributed by atoms with E-state index >= 15 is 0 Å². The molecule has 3 aliphatic rings. The van der Waals surface area contributed by atoms with Crippen LogP contribution in [0.15, 0.2) is 140 Å². The molecule has 0 spiro atoms. The Kier molecular flexibility index (Phi) is 9.66. The van der Waals surface area contributed by atoms with Gasteiger partial charge in [0.2, 0.25) is 0 Å². The number of aryl methyl sites for hydroxylation is 4. The van der Waals surface area contributed by atoms with Crippen molar-refractivity contribution in [2.24, 2.45) is 0 Å². The summed E-state index contributed by atoms with van der Waals surface area (Å²) in [6, 6.07) is 54.8. The number of anilines is 6. The van der Waals surface area contributed by atoms with Crippen LogP contribution in [0, 0.1) is 27.7 Å². The van der Waals surface area contributed by atoms with Crippen molar-refractivity contribution in [3.8, 4) is 16.8 Å². The highest BCUT2D eigenvalue weighted by atomic mass is 15.2. The Morgan fingerprint density at radius 1 is 0.408 bits per heavy atom. The molecule has 3 nitrogen and oxygen atoms in total. The van der Waals surface area contributed by atoms with Crippen molar-refractivity contribution in [1.29, 1.82) is 0 Å². The Hall–Kier alpha value is -6.78. The zero-order valence-corrected chi connectivity index (χ0v) is 44.7. The highest BCUT2D eigenvalue weighted by Gasteiger charge is 2.46. The second kappa shape index (κ2) is 15.1. The van der Waals surface area contributed by atoms with E-state index in [0.717, 1.165) is 0 Å². The van der Waals surface area contributed by atoms with E-state index in [9.17, 15) is 0 Å². The molecule has 0 radical (unpaired) electrons. The van der Waals surface area contributed by atoms with Crippen LogP contribution < -0.4 is 26.2 Å². The van der Waals surface area contributed by atoms with Gasteiger partial charge in [0, 0.05) is 44.6 Å². The largest absolute Gasteiger partial charge is 0.311 e. The maximum absolute atomic E-state index is 2.69. The maximum atomic E-state index is 2.69. The molecule has 0 amide bonds. The summed E-state index contributed by atoms with van der Waals surface area (Å²) in [7, 11) is 0. The van der Waals surface area contributed by atoms with Crippen molar-refractivity contribution >= 4 is 79.0 Å². The van der Waals surface area contributed by atoms with Gasteiger partial charge >= 0.3 is 0 Å². The lowest BCUT2D eigenvalue weighted by Crippen LogP contribution is -2.61. The van der Waals surface area contributed by atoms with Crippen molar-refractivity contribution in [1.82, 2.24) is 4.57 Å². The summed E-state index contributed by atoms with van der Waals surface area (Å²) < 4.78 is 2.56. The van der Waals surface area contributed by atoms with Crippen LogP contribution in [0.1, 0.15) is 126 Å². The molecule has 2 aliphatic heterocycles. The van der Waals surface area contributed by atoms with Crippen LogP contribution in [0.3, 0.4) is 0 Å². The minimum Gasteiger partial charge on any atom is -0.311 e. The van der Waals surface area contributed by atoms with Crippen LogP contribution in [0.2, 0.25) is 0 Å². The number of rotatable bonds is 3. The highest BCUT2D eigenvalue weighted by molar-refractivity contribution is 7.00. The van der Waals surface area contributed by atoms with Crippen molar-refractivity contribution in [2.75, 3.05) is 9.80 Å². The first kappa shape index (κ1) is 45.4. The zero-order chi connectivity index (χ0) is 50.0. The lowest BCUT2D eigenvalue weighted by atomic mass is 9.33. The zero-order valence-electron chi connectivity index (χ0n) is 44.7. The Balaban J connectivity index is 1.24. The molecule has 4 heteroatoms. The molecule has 0 fully saturated rings. The first-order valence-electron chi connectivity index (χ1n) is 26.0. The maximum Gasteiger partial charge on any atom is 0.252 e. The summed E-state index contributed by atoms with van der Waals surface area (Å²) in [6.45, 7) is 35.2. The standard InChI is InChI=1S/C67H68BN3/c1-39-21-20-22-40(2)62(39)70-55-26-19-17-24-49(55)50-37-54-58(38-56(50)70)71(63-41(3)31-44(32-42(63)4)65(8,9)10)60-35-45(66(11,12)13)34-59-61(60)68(54)53-30-27-43(64(5,6)7)33-57(53)69(59)46-28-29-48-47-23-16-18-25-51(47)67(14,15)52(48)36-46/h16-38H,1-15H3. The van der Waals surface area contributed by atoms with Gasteiger partial charge in [-0.15, -0.1) is 0 Å². The van der Waals surface area contributed by atoms with Gasteiger partial charge in [0.15, 0.2) is 0 Å². The van der Waals surface area contributed by atoms with Crippen LogP contribution in [0.4, 0.5) is 34.1 Å². The number of fused-ring (bicyclic) bond motifs is 10. The molecular formula is C67H68BN3. The van der Waals surface area contributed by atoms with Gasteiger partial charge in [-0.25, -0.2) is 0 Å². The Morgan fingerprint density at radius 2 is 0.986 bits per heavy atom. The third-order valence-electron chi connectivity index (χ3n) is 16.7. The van der Waals surface area contributed by atoms with Crippen molar-refractivity contribution in [3.63, 3.8) is 0 Å². The molecule has 71 heavy (non-hydrogen) atoms. The SMILES string of the molecule is Cc1cc(C(C)(C)C)cc(C)c1N1c2cc3c(cc2B2c4ccc(C(C)(C)C)cc4N(c4ccc5c(c4)C(C)(C)c4ccccc4-5)c4cc(C(C)(C)C)cc1c42)c1ccccc1n3-c1c(C)cccc1C. The van der Waals surface area contributed by atoms with Crippen molar-refractivity contribution < 1.29 is 0 Å². The van der Waals surface area contributed by atoms with Crippen LogP contribution in [-0.4, -0.2) is 11.3 Å². The smallest absolute Gasteiger partial charge is 0.252 e. The van der Waals surface area contributed by atoms with Gasteiger partial charge in [-0.3, -0.25) is 0 Å². The molecular weight excluding hydrogens is 858 g/mol. The average Bonchev–Trinajstić information content (AvgIpc) is 3.74. The summed E-state index contributed by atoms with van der Waals surface area (Å²) in [5, 5.41) is 2.56. The van der Waals surface area contributed by atoms with Crippen LogP contribution >= 0.6 is 0 Å². The number of hydrogen-bond donors (Lipinski definition) is 0. The van der Waals surface area contributed by atoms with E-state index in [-0.39, 0.29) is 28.4 Å². The number of nitrogens with zero attached hydrogens (tertiary/aromatic N) is 3. The topological polar surface area (TPSA) is 11.4 Å². The van der Waals surface area contributed by atoms with E-state index in [1.165, 1.54) is 139 Å². The van der Waals surface area contributed by atoms with Gasteiger partial charge in [-0.05, 0) is 164 Å². The third kappa shape index (κ3) is 6.62. The predicted molar refractivity (Wildman–Crippen MR) is 307 cm³/mol. The fourth-order valence-corrected chi connectivity index (χ4v) is 12.8. The van der Waals surface area contributed by atoms with Gasteiger partial charge in [0.25, 0.3) is 6.71 Å². The lowest BCUT2D eigenvalue weighted by Gasteiger charge is -2.46. The number of para-hydroxylation sites is 2. The van der Waals surface area contributed by atoms with Gasteiger partial charge in [-0.2, -0.15) is 0 Å². The molecule has 12 rings (SSSR count). The molecule has 3 heterocycles. The summed E-state index contributed by atoms with van der Waals surface area (Å²) >= 11 is 0. The number of aromatic nitrogens is 1. The normalized spacial score (nSPS) is 14.7. The van der Waals surface area contributed by atoms with Crippen LogP contribution in [0.5, 0.6) is 0 Å². The molecule has 0 saturated heterocycles. The van der Waals surface area contributed by atoms with E-state index in [1.807, 2.05) is 0 Å². The summed E-state index contributed by atoms with van der Waals surface area (Å²) in [4.78, 5) is 5.35. The number of hydrogen-bond acceptors (Lipinski definition) is 2. The molecule has 0 N–H and O–H groups in total. The minimum atomic E-state index is -0.146. The fourth-order valence-electron chi connectivity index (χ4n) is 12.8. The third-order valence-corrected chi connectivity index (χ3v) is 16.7. The predicted octanol–water partition coefficient (Wildman–Crippen LogP) is 16.3. The molecule has 0 unspecified atom stereocenters. The Morgan fingerprint density at radius 3 is 1.66 bits per heavy atom. The van der Waals surface area contributed by atoms with Crippen molar-refractivity contribution in [2.45, 2.75) is 126 Å². The van der Waals surface area contributed by atoms with Gasteiger partial charge < -0.3 is 14.4 Å². The second-order valence-corrected chi connectivity index (χ2v) is 24.9. The molecule has 1 aromatic heterocycles. The first-order chi connectivity index (χ1) is 33.5. The Labute approximate surface area is 423 Å². The quantitative estimate of drug-likeness (QED) is 0.164. The van der Waals surface area contributed by atoms with Gasteiger partial charge in [0.05, 0.1) is 22.4 Å². The molecule has 0 atom stereocenters. The second-order valence-electron chi connectivity index (χ2n) is 24.9. The van der Waals surface area contributed by atoms with E-state index in [0.29, 0.717) is 0 Å². The lowest BCUT2D eigenvalue weighted by molar-refractivity contribution is 0.589. The van der Waals surface area contributed by atoms with Crippen molar-refractivity contribution in [3.05, 3.63) is 190 Å². The van der Waals surface area contributed by atoms with Crippen LogP contribution in [-0.2, 0) is 21.7 Å². The molecule has 0 saturated carbocycles. The Bertz CT molecular complexity index is 3700. The van der Waals surface area contributed by atoms with Crippen LogP contribution in [0.25, 0.3) is 38.6 Å². The number of benzene rings is 8. The summed E-state index contributed by atoms with van der Waals surface area (Å²) in [5.41, 5.74) is 29.5. The molecule has 1 aliphatic carbocycles. The van der Waals surface area contributed by atoms with E-state index < -0.39 is 0 Å². The van der Waals surface area contributed by atoms with Gasteiger partial charge in [0.1, 0.15) is 0 Å². The highest BCUT2D eigenvalue weighted by Crippen LogP contribution is 2.53. The van der Waals surface area contributed by atoms with E-state index in [1.54, 1.807) is 0 Å². The summed E-state index contributed by atoms with van der Waals surface area (Å²) in [6.07, 6.45) is 0.